The summed E-state index contributed by atoms with van der Waals surface area (Å²) < 4.78 is 0. The Kier molecular flexibility index (Phi) is 2.95. The minimum Gasteiger partial charge on any atom is -0.481 e. The van der Waals surface area contributed by atoms with Crippen LogP contribution in [0, 0.1) is 34.0 Å². The number of allylic oxidation sites excluding steroid dienone is 1. The third kappa shape index (κ3) is 1.65. The second-order valence-corrected chi connectivity index (χ2v) is 9.40. The number of fused-ring (bicyclic) bond motifs is 3. The first kappa shape index (κ1) is 14.8. The van der Waals surface area contributed by atoms with Gasteiger partial charge in [0.2, 0.25) is 0 Å². The molecule has 4 aliphatic carbocycles. The third-order valence-corrected chi connectivity index (χ3v) is 8.54. The zero-order valence-corrected chi connectivity index (χ0v) is 14.2. The maximum Gasteiger partial charge on any atom is 0.309 e. The van der Waals surface area contributed by atoms with E-state index in [1.54, 1.807) is 0 Å². The van der Waals surface area contributed by atoms with E-state index in [2.05, 4.69) is 13.5 Å². The van der Waals surface area contributed by atoms with Gasteiger partial charge in [-0.2, -0.15) is 0 Å². The lowest BCUT2D eigenvalue weighted by molar-refractivity contribution is -0.181. The standard InChI is InChI=1S/C20H30O2/c1-13-11-20-10-7-15-18(2,16(20)6-5-14(13)12-20)8-4-9-19(15,3)17(21)22/h14-16H,1,4-12H2,2-3H3,(H,21,22)/t14-,15+,16+,18+,19-,20-/m0/s1. The Morgan fingerprint density at radius 1 is 1.14 bits per heavy atom. The van der Waals surface area contributed by atoms with Crippen molar-refractivity contribution in [3.8, 4) is 0 Å². The van der Waals surface area contributed by atoms with Crippen LogP contribution in [-0.2, 0) is 4.79 Å². The fraction of sp³-hybridized carbons (Fsp3) is 0.850. The highest BCUT2D eigenvalue weighted by Gasteiger charge is 2.64. The number of carbonyl (C=O) groups is 1. The summed E-state index contributed by atoms with van der Waals surface area (Å²) in [7, 11) is 0. The predicted molar refractivity (Wildman–Crippen MR) is 87.4 cm³/mol. The molecule has 4 rings (SSSR count). The molecule has 2 bridgehead atoms. The summed E-state index contributed by atoms with van der Waals surface area (Å²) in [6, 6.07) is 0. The van der Waals surface area contributed by atoms with Crippen molar-refractivity contribution in [3.63, 3.8) is 0 Å². The predicted octanol–water partition coefficient (Wildman–Crippen LogP) is 5.04. The van der Waals surface area contributed by atoms with Crippen molar-refractivity contribution < 1.29 is 9.90 Å². The van der Waals surface area contributed by atoms with E-state index in [1.807, 2.05) is 6.92 Å². The van der Waals surface area contributed by atoms with E-state index < -0.39 is 11.4 Å². The number of hydrogen-bond donors (Lipinski definition) is 1. The Morgan fingerprint density at radius 2 is 1.91 bits per heavy atom. The van der Waals surface area contributed by atoms with Gasteiger partial charge in [-0.05, 0) is 86.9 Å². The lowest BCUT2D eigenvalue weighted by Gasteiger charge is -2.63. The van der Waals surface area contributed by atoms with Gasteiger partial charge in [-0.1, -0.05) is 25.5 Å². The molecule has 0 radical (unpaired) electrons. The van der Waals surface area contributed by atoms with Crippen molar-refractivity contribution in [1.82, 2.24) is 0 Å². The zero-order valence-electron chi connectivity index (χ0n) is 14.2. The molecule has 1 N–H and O–H groups in total. The van der Waals surface area contributed by atoms with Crippen LogP contribution in [-0.4, -0.2) is 11.1 Å². The van der Waals surface area contributed by atoms with Gasteiger partial charge < -0.3 is 5.11 Å². The smallest absolute Gasteiger partial charge is 0.309 e. The second kappa shape index (κ2) is 4.39. The molecule has 0 aliphatic heterocycles. The van der Waals surface area contributed by atoms with Crippen molar-refractivity contribution >= 4 is 5.97 Å². The second-order valence-electron chi connectivity index (χ2n) is 9.40. The highest BCUT2D eigenvalue weighted by atomic mass is 16.4. The normalized spacial score (nSPS) is 53.7. The summed E-state index contributed by atoms with van der Waals surface area (Å²) in [4.78, 5) is 12.0. The van der Waals surface area contributed by atoms with E-state index in [-0.39, 0.29) is 5.41 Å². The van der Waals surface area contributed by atoms with Gasteiger partial charge >= 0.3 is 5.97 Å². The summed E-state index contributed by atoms with van der Waals surface area (Å²) in [6.45, 7) is 8.86. The van der Waals surface area contributed by atoms with Gasteiger partial charge in [-0.3, -0.25) is 4.79 Å². The molecular formula is C20H30O2. The van der Waals surface area contributed by atoms with Crippen molar-refractivity contribution in [2.45, 2.75) is 71.6 Å². The molecule has 0 unspecified atom stereocenters. The van der Waals surface area contributed by atoms with Gasteiger partial charge in [-0.15, -0.1) is 0 Å². The van der Waals surface area contributed by atoms with Gasteiger partial charge in [0.15, 0.2) is 0 Å². The average molecular weight is 302 g/mol. The summed E-state index contributed by atoms with van der Waals surface area (Å²) in [5.41, 5.74) is 1.71. The molecule has 4 saturated carbocycles. The topological polar surface area (TPSA) is 37.3 Å². The molecular weight excluding hydrogens is 272 g/mol. The Labute approximate surface area is 134 Å². The van der Waals surface area contributed by atoms with Gasteiger partial charge in [0.25, 0.3) is 0 Å². The number of carboxylic acid groups (broad SMARTS) is 1. The van der Waals surface area contributed by atoms with Gasteiger partial charge in [-0.25, -0.2) is 0 Å². The average Bonchev–Trinajstić information content (AvgIpc) is 2.68. The third-order valence-electron chi connectivity index (χ3n) is 8.54. The first-order valence-corrected chi connectivity index (χ1v) is 9.23. The summed E-state index contributed by atoms with van der Waals surface area (Å²) in [5, 5.41) is 9.90. The first-order chi connectivity index (χ1) is 10.3. The molecule has 0 aromatic rings. The van der Waals surface area contributed by atoms with Crippen LogP contribution >= 0.6 is 0 Å². The molecule has 0 aromatic heterocycles. The minimum atomic E-state index is -0.552. The first-order valence-electron chi connectivity index (χ1n) is 9.23. The summed E-state index contributed by atoms with van der Waals surface area (Å²) in [5.74, 6) is 1.32. The Hall–Kier alpha value is -0.790. The van der Waals surface area contributed by atoms with Crippen molar-refractivity contribution in [3.05, 3.63) is 12.2 Å². The molecule has 22 heavy (non-hydrogen) atoms. The molecule has 2 heteroatoms. The van der Waals surface area contributed by atoms with Crippen LogP contribution in [0.1, 0.15) is 71.6 Å². The molecule has 0 saturated heterocycles. The van der Waals surface area contributed by atoms with Gasteiger partial charge in [0.05, 0.1) is 5.41 Å². The number of hydrogen-bond acceptors (Lipinski definition) is 1. The van der Waals surface area contributed by atoms with E-state index in [9.17, 15) is 9.90 Å². The summed E-state index contributed by atoms with van der Waals surface area (Å²) in [6.07, 6.45) is 10.8. The van der Waals surface area contributed by atoms with Crippen LogP contribution in [0.2, 0.25) is 0 Å². The molecule has 122 valence electrons. The summed E-state index contributed by atoms with van der Waals surface area (Å²) >= 11 is 0. The molecule has 4 fully saturated rings. The van der Waals surface area contributed by atoms with Crippen molar-refractivity contribution in [2.24, 2.45) is 34.0 Å². The van der Waals surface area contributed by atoms with Crippen LogP contribution in [0.15, 0.2) is 12.2 Å². The zero-order chi connectivity index (χ0) is 15.8. The van der Waals surface area contributed by atoms with Crippen molar-refractivity contribution in [1.29, 1.82) is 0 Å². The quantitative estimate of drug-likeness (QED) is 0.689. The molecule has 0 heterocycles. The lowest BCUT2D eigenvalue weighted by atomic mass is 9.41. The Balaban J connectivity index is 1.75. The maximum atomic E-state index is 12.0. The van der Waals surface area contributed by atoms with Crippen LogP contribution in [0.5, 0.6) is 0 Å². The minimum absolute atomic E-state index is 0.235. The maximum absolute atomic E-state index is 12.0. The van der Waals surface area contributed by atoms with Crippen LogP contribution < -0.4 is 0 Å². The largest absolute Gasteiger partial charge is 0.481 e. The Bertz CT molecular complexity index is 538. The molecule has 1 spiro atoms. The van der Waals surface area contributed by atoms with E-state index in [0.29, 0.717) is 11.3 Å². The number of rotatable bonds is 1. The lowest BCUT2D eigenvalue weighted by Crippen LogP contribution is -2.58. The molecule has 0 amide bonds. The Morgan fingerprint density at radius 3 is 2.64 bits per heavy atom. The molecule has 0 aromatic carbocycles. The van der Waals surface area contributed by atoms with E-state index in [1.165, 1.54) is 44.1 Å². The van der Waals surface area contributed by atoms with E-state index in [0.717, 1.165) is 31.1 Å². The van der Waals surface area contributed by atoms with Gasteiger partial charge in [0, 0.05) is 0 Å². The van der Waals surface area contributed by atoms with E-state index >= 15 is 0 Å². The van der Waals surface area contributed by atoms with Crippen LogP contribution in [0.25, 0.3) is 0 Å². The highest BCUT2D eigenvalue weighted by molar-refractivity contribution is 5.75. The van der Waals surface area contributed by atoms with Crippen LogP contribution in [0.3, 0.4) is 0 Å². The molecule has 4 aliphatic rings. The van der Waals surface area contributed by atoms with E-state index in [4.69, 9.17) is 0 Å². The number of aliphatic carboxylic acids is 1. The SMILES string of the molecule is C=C1C[C@]23CC[C@@H]4[C@@](C)(CCC[C@]4(C)C(=O)O)[C@H]2CC[C@H]1C3. The highest BCUT2D eigenvalue weighted by Crippen LogP contribution is 2.72. The number of carboxylic acids is 1. The molecule has 2 nitrogen and oxygen atoms in total. The fourth-order valence-corrected chi connectivity index (χ4v) is 7.61. The van der Waals surface area contributed by atoms with Crippen LogP contribution in [0.4, 0.5) is 0 Å². The molecule has 6 atom stereocenters. The monoisotopic (exact) mass is 302 g/mol. The van der Waals surface area contributed by atoms with Gasteiger partial charge in [0.1, 0.15) is 0 Å². The van der Waals surface area contributed by atoms with Crippen molar-refractivity contribution in [2.75, 3.05) is 0 Å². The fourth-order valence-electron chi connectivity index (χ4n) is 7.61.